The average molecular weight is 331 g/mol. The Balaban J connectivity index is 2.32. The van der Waals surface area contributed by atoms with E-state index >= 15 is 0 Å². The first-order chi connectivity index (χ1) is 11.4. The number of ether oxygens (including phenoxy) is 1. The number of hydrogen-bond donors (Lipinski definition) is 2. The number of benzene rings is 2. The third-order valence-corrected chi connectivity index (χ3v) is 3.55. The molecule has 0 bridgehead atoms. The fraction of sp³-hybridized carbons (Fsp3) is 0.235. The molecule has 1 unspecified atom stereocenters. The Morgan fingerprint density at radius 1 is 1.25 bits per heavy atom. The Bertz CT molecular complexity index is 741. The predicted molar refractivity (Wildman–Crippen MR) is 86.5 cm³/mol. The summed E-state index contributed by atoms with van der Waals surface area (Å²) in [6.07, 6.45) is 0.0906. The van der Waals surface area contributed by atoms with Gasteiger partial charge in [-0.05, 0) is 42.7 Å². The summed E-state index contributed by atoms with van der Waals surface area (Å²) in [6.45, 7) is 2.02. The van der Waals surface area contributed by atoms with E-state index in [0.717, 1.165) is 0 Å². The second kappa shape index (κ2) is 7.45. The zero-order valence-electron chi connectivity index (χ0n) is 13.0. The molecule has 0 aliphatic carbocycles. The number of carboxylic acids is 1. The van der Waals surface area contributed by atoms with Crippen LogP contribution in [0, 0.1) is 10.1 Å². The lowest BCUT2D eigenvalue weighted by Crippen LogP contribution is -2.14. The SMILES string of the molecule is CCOc1ccc(CC(C(=O)O)c2ccc(O)cc2)cc1[N+](=O)[O-]. The fourth-order valence-electron chi connectivity index (χ4n) is 2.40. The highest BCUT2D eigenvalue weighted by Crippen LogP contribution is 2.31. The van der Waals surface area contributed by atoms with Crippen LogP contribution in [0.4, 0.5) is 5.69 Å². The number of carboxylic acid groups (broad SMARTS) is 1. The number of phenolic OH excluding ortho intramolecular Hbond substituents is 1. The van der Waals surface area contributed by atoms with Gasteiger partial charge in [-0.15, -0.1) is 0 Å². The molecule has 2 rings (SSSR count). The maximum atomic E-state index is 11.6. The van der Waals surface area contributed by atoms with Gasteiger partial charge < -0.3 is 14.9 Å². The molecule has 2 aromatic carbocycles. The Morgan fingerprint density at radius 2 is 1.92 bits per heavy atom. The van der Waals surface area contributed by atoms with E-state index in [9.17, 15) is 25.1 Å². The van der Waals surface area contributed by atoms with Gasteiger partial charge in [0.25, 0.3) is 0 Å². The number of nitro benzene ring substituents is 1. The van der Waals surface area contributed by atoms with E-state index in [2.05, 4.69) is 0 Å². The van der Waals surface area contributed by atoms with E-state index in [4.69, 9.17) is 4.74 Å². The summed E-state index contributed by atoms with van der Waals surface area (Å²) in [5.41, 5.74) is 0.840. The molecule has 0 heterocycles. The molecule has 0 spiro atoms. The highest BCUT2D eigenvalue weighted by Gasteiger charge is 2.23. The highest BCUT2D eigenvalue weighted by molar-refractivity contribution is 5.76. The molecule has 0 aliphatic heterocycles. The lowest BCUT2D eigenvalue weighted by molar-refractivity contribution is -0.385. The molecule has 24 heavy (non-hydrogen) atoms. The molecule has 2 aromatic rings. The number of nitro groups is 1. The minimum atomic E-state index is -1.04. The van der Waals surface area contributed by atoms with Crippen molar-refractivity contribution in [3.05, 3.63) is 63.7 Å². The van der Waals surface area contributed by atoms with Crippen LogP contribution in [0.5, 0.6) is 11.5 Å². The van der Waals surface area contributed by atoms with Crippen molar-refractivity contribution in [2.45, 2.75) is 19.3 Å². The van der Waals surface area contributed by atoms with Crippen LogP contribution in [0.2, 0.25) is 0 Å². The molecule has 0 fully saturated rings. The molecule has 7 heteroatoms. The van der Waals surface area contributed by atoms with E-state index < -0.39 is 16.8 Å². The van der Waals surface area contributed by atoms with Gasteiger partial charge in [0.1, 0.15) is 5.75 Å². The van der Waals surface area contributed by atoms with Crippen molar-refractivity contribution in [3.63, 3.8) is 0 Å². The van der Waals surface area contributed by atoms with Crippen LogP contribution in [0.1, 0.15) is 24.0 Å². The Hall–Kier alpha value is -3.09. The zero-order valence-corrected chi connectivity index (χ0v) is 13.0. The number of aromatic hydroxyl groups is 1. The standard InChI is InChI=1S/C17H17NO6/c1-2-24-16-8-3-11(10-15(16)18(22)23)9-14(17(20)21)12-4-6-13(19)7-5-12/h3-8,10,14,19H,2,9H2,1H3,(H,20,21). The van der Waals surface area contributed by atoms with Crippen LogP contribution in [0.15, 0.2) is 42.5 Å². The summed E-state index contributed by atoms with van der Waals surface area (Å²) in [5.74, 6) is -1.72. The second-order valence-corrected chi connectivity index (χ2v) is 5.18. The van der Waals surface area contributed by atoms with Crippen LogP contribution in [-0.2, 0) is 11.2 Å². The number of nitrogens with zero attached hydrogens (tertiary/aromatic N) is 1. The summed E-state index contributed by atoms with van der Waals surface area (Å²) in [5, 5.41) is 29.9. The van der Waals surface area contributed by atoms with Gasteiger partial charge in [-0.1, -0.05) is 18.2 Å². The maximum Gasteiger partial charge on any atom is 0.311 e. The van der Waals surface area contributed by atoms with Crippen molar-refractivity contribution in [2.24, 2.45) is 0 Å². The molecule has 0 aromatic heterocycles. The van der Waals surface area contributed by atoms with Crippen LogP contribution in [0.3, 0.4) is 0 Å². The molecule has 1 atom stereocenters. The minimum absolute atomic E-state index is 0.0413. The Labute approximate surface area is 138 Å². The molecular weight excluding hydrogens is 314 g/mol. The van der Waals surface area contributed by atoms with E-state index in [1.54, 1.807) is 13.0 Å². The van der Waals surface area contributed by atoms with Gasteiger partial charge >= 0.3 is 11.7 Å². The molecule has 0 saturated carbocycles. The summed E-state index contributed by atoms with van der Waals surface area (Å²) < 4.78 is 5.22. The Morgan fingerprint density at radius 3 is 2.46 bits per heavy atom. The van der Waals surface area contributed by atoms with Crippen molar-refractivity contribution in [2.75, 3.05) is 6.61 Å². The van der Waals surface area contributed by atoms with Gasteiger partial charge in [0.2, 0.25) is 0 Å². The van der Waals surface area contributed by atoms with Gasteiger partial charge in [-0.2, -0.15) is 0 Å². The van der Waals surface area contributed by atoms with Gasteiger partial charge in [0.05, 0.1) is 17.4 Å². The normalized spacial score (nSPS) is 11.7. The van der Waals surface area contributed by atoms with Gasteiger partial charge in [-0.25, -0.2) is 0 Å². The van der Waals surface area contributed by atoms with E-state index in [1.807, 2.05) is 0 Å². The van der Waals surface area contributed by atoms with Crippen molar-refractivity contribution in [1.82, 2.24) is 0 Å². The Kier molecular flexibility index (Phi) is 5.36. The summed E-state index contributed by atoms with van der Waals surface area (Å²) in [6, 6.07) is 10.3. The monoisotopic (exact) mass is 331 g/mol. The van der Waals surface area contributed by atoms with Crippen molar-refractivity contribution in [3.8, 4) is 11.5 Å². The first kappa shape index (κ1) is 17.3. The second-order valence-electron chi connectivity index (χ2n) is 5.18. The van der Waals surface area contributed by atoms with Crippen molar-refractivity contribution >= 4 is 11.7 Å². The largest absolute Gasteiger partial charge is 0.508 e. The van der Waals surface area contributed by atoms with Crippen LogP contribution < -0.4 is 4.74 Å². The van der Waals surface area contributed by atoms with Gasteiger partial charge in [-0.3, -0.25) is 14.9 Å². The van der Waals surface area contributed by atoms with E-state index in [0.29, 0.717) is 17.7 Å². The summed E-state index contributed by atoms with van der Waals surface area (Å²) >= 11 is 0. The van der Waals surface area contributed by atoms with Crippen LogP contribution >= 0.6 is 0 Å². The molecule has 0 amide bonds. The summed E-state index contributed by atoms with van der Waals surface area (Å²) in [7, 11) is 0. The number of hydrogen-bond acceptors (Lipinski definition) is 5. The van der Waals surface area contributed by atoms with Gasteiger partial charge in [0.15, 0.2) is 5.75 Å². The predicted octanol–water partition coefficient (Wildman–Crippen LogP) is 3.11. The van der Waals surface area contributed by atoms with Crippen molar-refractivity contribution in [1.29, 1.82) is 0 Å². The lowest BCUT2D eigenvalue weighted by atomic mass is 9.92. The van der Waals surface area contributed by atoms with Gasteiger partial charge in [0, 0.05) is 6.07 Å². The lowest BCUT2D eigenvalue weighted by Gasteiger charge is -2.13. The van der Waals surface area contributed by atoms with E-state index in [-0.39, 0.29) is 23.6 Å². The topological polar surface area (TPSA) is 110 Å². The maximum absolute atomic E-state index is 11.6. The van der Waals surface area contributed by atoms with Crippen molar-refractivity contribution < 1.29 is 24.7 Å². The number of aliphatic carboxylic acids is 1. The number of phenols is 1. The first-order valence-electron chi connectivity index (χ1n) is 7.34. The molecule has 126 valence electrons. The molecule has 7 nitrogen and oxygen atoms in total. The highest BCUT2D eigenvalue weighted by atomic mass is 16.6. The van der Waals surface area contributed by atoms with Crippen LogP contribution in [-0.4, -0.2) is 27.7 Å². The molecule has 0 saturated heterocycles. The molecule has 0 radical (unpaired) electrons. The summed E-state index contributed by atoms with van der Waals surface area (Å²) in [4.78, 5) is 22.2. The smallest absolute Gasteiger partial charge is 0.311 e. The van der Waals surface area contributed by atoms with E-state index in [1.165, 1.54) is 36.4 Å². The number of rotatable bonds is 7. The zero-order chi connectivity index (χ0) is 17.7. The van der Waals surface area contributed by atoms with Crippen LogP contribution in [0.25, 0.3) is 0 Å². The molecular formula is C17H17NO6. The minimum Gasteiger partial charge on any atom is -0.508 e. The first-order valence-corrected chi connectivity index (χ1v) is 7.34. The fourth-order valence-corrected chi connectivity index (χ4v) is 2.40. The third-order valence-electron chi connectivity index (χ3n) is 3.55. The average Bonchev–Trinajstić information content (AvgIpc) is 2.54. The molecule has 2 N–H and O–H groups in total. The number of carbonyl (C=O) groups is 1. The molecule has 0 aliphatic rings. The third kappa shape index (κ3) is 4.01. The quantitative estimate of drug-likeness (QED) is 0.596.